The van der Waals surface area contributed by atoms with E-state index in [1.54, 1.807) is 19.2 Å². The van der Waals surface area contributed by atoms with Crippen molar-refractivity contribution in [2.24, 2.45) is 0 Å². The highest BCUT2D eigenvalue weighted by Crippen LogP contribution is 2.29. The molecule has 3 rings (SSSR count). The molecule has 0 aliphatic carbocycles. The standard InChI is InChI=1S/C26H32O4Si2/c1-28-24-17-11-9-15-22(24)19-31(2,3)30-32(4,5)20-23-16-10-12-18-25(23)29-26(27)21-13-7-6-8-14-21/h6-18H,19-20H2,1-5H3. The van der Waals surface area contributed by atoms with Crippen LogP contribution in [0.2, 0.25) is 26.2 Å². The Hall–Kier alpha value is -2.68. The highest BCUT2D eigenvalue weighted by atomic mass is 28.4. The highest BCUT2D eigenvalue weighted by molar-refractivity contribution is 6.84. The Bertz CT molecular complexity index is 1050. The summed E-state index contributed by atoms with van der Waals surface area (Å²) in [5.41, 5.74) is 2.74. The number of benzene rings is 3. The maximum atomic E-state index is 12.6. The van der Waals surface area contributed by atoms with Gasteiger partial charge in [-0.3, -0.25) is 0 Å². The van der Waals surface area contributed by atoms with Crippen LogP contribution in [0.25, 0.3) is 0 Å². The lowest BCUT2D eigenvalue weighted by Crippen LogP contribution is -2.47. The van der Waals surface area contributed by atoms with Crippen LogP contribution in [0.5, 0.6) is 11.5 Å². The van der Waals surface area contributed by atoms with Crippen LogP contribution in [0.1, 0.15) is 21.5 Å². The molecule has 168 valence electrons. The van der Waals surface area contributed by atoms with Crippen molar-refractivity contribution in [2.45, 2.75) is 38.3 Å². The Morgan fingerprint density at radius 1 is 0.688 bits per heavy atom. The van der Waals surface area contributed by atoms with Crippen molar-refractivity contribution < 1.29 is 18.4 Å². The van der Waals surface area contributed by atoms with E-state index < -0.39 is 16.6 Å². The van der Waals surface area contributed by atoms with Crippen molar-refractivity contribution in [1.82, 2.24) is 0 Å². The number of methoxy groups -OCH3 is 1. The third-order valence-corrected chi connectivity index (χ3v) is 12.0. The Labute approximate surface area is 193 Å². The van der Waals surface area contributed by atoms with Crippen LogP contribution in [0.15, 0.2) is 78.9 Å². The fourth-order valence-corrected chi connectivity index (χ4v) is 13.0. The summed E-state index contributed by atoms with van der Waals surface area (Å²) in [5.74, 6) is 1.17. The first-order valence-electron chi connectivity index (χ1n) is 10.9. The third-order valence-electron chi connectivity index (χ3n) is 5.16. The smallest absolute Gasteiger partial charge is 0.343 e. The van der Waals surface area contributed by atoms with Crippen LogP contribution >= 0.6 is 0 Å². The van der Waals surface area contributed by atoms with E-state index in [1.807, 2.05) is 60.7 Å². The van der Waals surface area contributed by atoms with E-state index in [2.05, 4.69) is 32.3 Å². The molecule has 0 fully saturated rings. The molecule has 0 aliphatic heterocycles. The van der Waals surface area contributed by atoms with Gasteiger partial charge in [-0.05, 0) is 73.7 Å². The first-order valence-corrected chi connectivity index (χ1v) is 17.1. The summed E-state index contributed by atoms with van der Waals surface area (Å²) in [4.78, 5) is 12.6. The van der Waals surface area contributed by atoms with Gasteiger partial charge in [-0.25, -0.2) is 4.79 Å². The molecule has 0 spiro atoms. The van der Waals surface area contributed by atoms with Crippen LogP contribution in [-0.2, 0) is 16.2 Å². The summed E-state index contributed by atoms with van der Waals surface area (Å²) in [7, 11) is -2.39. The Balaban J connectivity index is 1.72. The number of rotatable bonds is 9. The van der Waals surface area contributed by atoms with Crippen LogP contribution in [0.4, 0.5) is 0 Å². The SMILES string of the molecule is COc1ccccc1C[Si](C)(C)O[Si](C)(C)Cc1ccccc1OC(=O)c1ccccc1. The van der Waals surface area contributed by atoms with Crippen LogP contribution in [0, 0.1) is 0 Å². The summed E-state index contributed by atoms with van der Waals surface area (Å²) in [5, 5.41) is 0. The molecule has 3 aromatic rings. The molecule has 0 aliphatic rings. The maximum absolute atomic E-state index is 12.6. The molecule has 0 N–H and O–H groups in total. The number of ether oxygens (including phenoxy) is 2. The zero-order valence-corrected chi connectivity index (χ0v) is 21.6. The van der Waals surface area contributed by atoms with Gasteiger partial charge in [-0.2, -0.15) is 0 Å². The number of esters is 1. The van der Waals surface area contributed by atoms with Gasteiger partial charge >= 0.3 is 5.97 Å². The van der Waals surface area contributed by atoms with E-state index in [0.717, 1.165) is 23.4 Å². The van der Waals surface area contributed by atoms with Crippen molar-refractivity contribution in [3.63, 3.8) is 0 Å². The Morgan fingerprint density at radius 3 is 1.72 bits per heavy atom. The molecular weight excluding hydrogens is 432 g/mol. The summed E-state index contributed by atoms with van der Waals surface area (Å²) in [6.45, 7) is 8.99. The normalized spacial score (nSPS) is 11.8. The number of para-hydroxylation sites is 2. The van der Waals surface area contributed by atoms with E-state index >= 15 is 0 Å². The van der Waals surface area contributed by atoms with E-state index in [-0.39, 0.29) is 5.97 Å². The molecule has 6 heteroatoms. The first kappa shape index (κ1) is 24.0. The van der Waals surface area contributed by atoms with Crippen molar-refractivity contribution in [2.75, 3.05) is 7.11 Å². The van der Waals surface area contributed by atoms with Gasteiger partial charge < -0.3 is 13.6 Å². The summed E-state index contributed by atoms with van der Waals surface area (Å²) in [6.07, 6.45) is 0. The Kier molecular flexibility index (Phi) is 7.71. The lowest BCUT2D eigenvalue weighted by Gasteiger charge is -2.34. The van der Waals surface area contributed by atoms with Gasteiger partial charge in [-0.15, -0.1) is 0 Å². The van der Waals surface area contributed by atoms with Gasteiger partial charge in [0.15, 0.2) is 16.6 Å². The largest absolute Gasteiger partial charge is 0.496 e. The van der Waals surface area contributed by atoms with E-state index in [0.29, 0.717) is 11.3 Å². The topological polar surface area (TPSA) is 44.8 Å². The second-order valence-corrected chi connectivity index (χ2v) is 17.7. The molecule has 32 heavy (non-hydrogen) atoms. The number of hydrogen-bond acceptors (Lipinski definition) is 4. The predicted octanol–water partition coefficient (Wildman–Crippen LogP) is 6.20. The highest BCUT2D eigenvalue weighted by Gasteiger charge is 2.34. The lowest BCUT2D eigenvalue weighted by molar-refractivity contribution is 0.0733. The summed E-state index contributed by atoms with van der Waals surface area (Å²) in [6, 6.07) is 26.6. The minimum absolute atomic E-state index is 0.343. The van der Waals surface area contributed by atoms with Gasteiger partial charge in [0.2, 0.25) is 0 Å². The summed E-state index contributed by atoms with van der Waals surface area (Å²) < 4.78 is 18.2. The molecule has 0 heterocycles. The predicted molar refractivity (Wildman–Crippen MR) is 134 cm³/mol. The van der Waals surface area contributed by atoms with Crippen LogP contribution in [0.3, 0.4) is 0 Å². The van der Waals surface area contributed by atoms with Gasteiger partial charge in [0.25, 0.3) is 0 Å². The number of hydrogen-bond donors (Lipinski definition) is 0. The van der Waals surface area contributed by atoms with Crippen LogP contribution < -0.4 is 9.47 Å². The average molecular weight is 465 g/mol. The maximum Gasteiger partial charge on any atom is 0.343 e. The van der Waals surface area contributed by atoms with Gasteiger partial charge in [0.05, 0.1) is 12.7 Å². The number of carbonyl (C=O) groups is 1. The van der Waals surface area contributed by atoms with E-state index in [1.165, 1.54) is 5.56 Å². The molecule has 0 unspecified atom stereocenters. The van der Waals surface area contributed by atoms with Crippen molar-refractivity contribution in [3.05, 3.63) is 95.6 Å². The molecule has 0 amide bonds. The van der Waals surface area contributed by atoms with Crippen molar-refractivity contribution >= 4 is 22.6 Å². The molecule has 3 aromatic carbocycles. The van der Waals surface area contributed by atoms with Crippen LogP contribution in [-0.4, -0.2) is 29.7 Å². The molecule has 0 bridgehead atoms. The minimum Gasteiger partial charge on any atom is -0.496 e. The van der Waals surface area contributed by atoms with E-state index in [9.17, 15) is 4.79 Å². The zero-order valence-electron chi connectivity index (χ0n) is 19.6. The Morgan fingerprint density at radius 2 is 1.16 bits per heavy atom. The van der Waals surface area contributed by atoms with Gasteiger partial charge in [-0.1, -0.05) is 54.6 Å². The van der Waals surface area contributed by atoms with Crippen molar-refractivity contribution in [3.8, 4) is 11.5 Å². The molecular formula is C26H32O4Si2. The monoisotopic (exact) mass is 464 g/mol. The quantitative estimate of drug-likeness (QED) is 0.215. The lowest BCUT2D eigenvalue weighted by atomic mass is 10.2. The molecule has 0 aromatic heterocycles. The van der Waals surface area contributed by atoms with Gasteiger partial charge in [0.1, 0.15) is 11.5 Å². The number of carbonyl (C=O) groups excluding carboxylic acids is 1. The molecule has 0 radical (unpaired) electrons. The molecule has 0 atom stereocenters. The minimum atomic E-state index is -2.09. The second-order valence-electron chi connectivity index (χ2n) is 9.15. The third kappa shape index (κ3) is 6.66. The first-order chi connectivity index (χ1) is 15.2. The van der Waals surface area contributed by atoms with Crippen molar-refractivity contribution in [1.29, 1.82) is 0 Å². The molecule has 4 nitrogen and oxygen atoms in total. The zero-order chi connectivity index (χ0) is 23.2. The van der Waals surface area contributed by atoms with E-state index in [4.69, 9.17) is 13.6 Å². The van der Waals surface area contributed by atoms with Gasteiger partial charge in [0, 0.05) is 0 Å². The second kappa shape index (κ2) is 10.3. The molecule has 0 saturated carbocycles. The summed E-state index contributed by atoms with van der Waals surface area (Å²) >= 11 is 0. The fourth-order valence-electron chi connectivity index (χ4n) is 4.07. The molecule has 0 saturated heterocycles. The fraction of sp³-hybridized carbons (Fsp3) is 0.269. The average Bonchev–Trinajstić information content (AvgIpc) is 2.74.